The molecule has 0 unspecified atom stereocenters. The van der Waals surface area contributed by atoms with Crippen LogP contribution in [0.3, 0.4) is 0 Å². The van der Waals surface area contributed by atoms with Gasteiger partial charge in [0.15, 0.2) is 5.60 Å². The number of aromatic hydroxyl groups is 2. The Morgan fingerprint density at radius 3 is 2.06 bits per heavy atom. The minimum Gasteiger partial charge on any atom is -0.508 e. The summed E-state index contributed by atoms with van der Waals surface area (Å²) < 4.78 is 11.9. The number of phenols is 2. The van der Waals surface area contributed by atoms with Crippen LogP contribution in [-0.4, -0.2) is 33.2 Å². The molecule has 2 heterocycles. The SMILES string of the molecule is O=C(O)CCCCC(=O)Nc1ccc2c(c1)C(=O)OC21c2ccc(O)cc2Oc2cc(O)ccc21. The van der Waals surface area contributed by atoms with Crippen molar-refractivity contribution in [1.29, 1.82) is 0 Å². The zero-order chi connectivity index (χ0) is 24.7. The molecular weight excluding hydrogens is 454 g/mol. The number of benzene rings is 3. The molecule has 0 saturated carbocycles. The number of esters is 1. The van der Waals surface area contributed by atoms with E-state index < -0.39 is 17.5 Å². The van der Waals surface area contributed by atoms with Gasteiger partial charge < -0.3 is 30.1 Å². The van der Waals surface area contributed by atoms with Crippen molar-refractivity contribution >= 4 is 23.5 Å². The van der Waals surface area contributed by atoms with Gasteiger partial charge in [0.2, 0.25) is 5.91 Å². The van der Waals surface area contributed by atoms with Crippen molar-refractivity contribution in [1.82, 2.24) is 0 Å². The number of aliphatic carboxylic acids is 1. The van der Waals surface area contributed by atoms with Gasteiger partial charge in [0.1, 0.15) is 23.0 Å². The number of hydrogen-bond donors (Lipinski definition) is 4. The molecule has 2 aliphatic rings. The average molecular weight is 475 g/mol. The van der Waals surface area contributed by atoms with E-state index in [9.17, 15) is 24.6 Å². The molecule has 2 aliphatic heterocycles. The van der Waals surface area contributed by atoms with E-state index in [0.717, 1.165) is 0 Å². The number of unbranched alkanes of at least 4 members (excludes halogenated alkanes) is 1. The van der Waals surface area contributed by atoms with Crippen LogP contribution in [0.1, 0.15) is 52.7 Å². The van der Waals surface area contributed by atoms with E-state index in [1.54, 1.807) is 24.3 Å². The highest BCUT2D eigenvalue weighted by Gasteiger charge is 2.53. The number of anilines is 1. The summed E-state index contributed by atoms with van der Waals surface area (Å²) in [5.74, 6) is -1.30. The van der Waals surface area contributed by atoms with Crippen LogP contribution in [0.4, 0.5) is 5.69 Å². The molecule has 4 N–H and O–H groups in total. The quantitative estimate of drug-likeness (QED) is 0.306. The standard InChI is InChI=1S/C26H21NO8/c28-15-6-9-19-21(12-15)34-22-13-16(29)7-10-20(22)26(19)18-8-5-14(11-17(18)25(33)35-26)27-23(30)3-1-2-4-24(31)32/h5-13,28-29H,1-4H2,(H,27,30)(H,31,32). The van der Waals surface area contributed by atoms with E-state index in [1.165, 1.54) is 30.3 Å². The maximum absolute atomic E-state index is 13.1. The molecule has 0 saturated heterocycles. The van der Waals surface area contributed by atoms with Gasteiger partial charge >= 0.3 is 11.9 Å². The van der Waals surface area contributed by atoms with Gasteiger partial charge in [-0.05, 0) is 49.2 Å². The highest BCUT2D eigenvalue weighted by atomic mass is 16.6. The summed E-state index contributed by atoms with van der Waals surface area (Å²) in [6, 6.07) is 13.9. The second kappa shape index (κ2) is 8.35. The van der Waals surface area contributed by atoms with Crippen LogP contribution in [0.5, 0.6) is 23.0 Å². The summed E-state index contributed by atoms with van der Waals surface area (Å²) in [7, 11) is 0. The molecule has 3 aromatic rings. The van der Waals surface area contributed by atoms with Crippen LogP contribution in [0.2, 0.25) is 0 Å². The van der Waals surface area contributed by atoms with E-state index >= 15 is 0 Å². The number of amides is 1. The molecule has 0 radical (unpaired) electrons. The Morgan fingerprint density at radius 2 is 1.43 bits per heavy atom. The van der Waals surface area contributed by atoms with Gasteiger partial charge in [-0.2, -0.15) is 0 Å². The second-order valence-electron chi connectivity index (χ2n) is 8.44. The minimum absolute atomic E-state index is 0.00224. The van der Waals surface area contributed by atoms with Crippen LogP contribution in [0, 0.1) is 0 Å². The van der Waals surface area contributed by atoms with Gasteiger partial charge in [-0.3, -0.25) is 9.59 Å². The van der Waals surface area contributed by atoms with Crippen molar-refractivity contribution < 1.29 is 39.2 Å². The van der Waals surface area contributed by atoms with Crippen LogP contribution < -0.4 is 10.1 Å². The van der Waals surface area contributed by atoms with E-state index in [1.807, 2.05) is 0 Å². The molecule has 9 heteroatoms. The minimum atomic E-state index is -1.36. The lowest BCUT2D eigenvalue weighted by Crippen LogP contribution is -2.32. The normalized spacial score (nSPS) is 14.3. The molecule has 0 fully saturated rings. The van der Waals surface area contributed by atoms with Crippen molar-refractivity contribution in [3.63, 3.8) is 0 Å². The first kappa shape index (κ1) is 22.3. The van der Waals surface area contributed by atoms with E-state index in [4.69, 9.17) is 14.6 Å². The number of fused-ring (bicyclic) bond motifs is 6. The lowest BCUT2D eigenvalue weighted by molar-refractivity contribution is -0.137. The third-order valence-corrected chi connectivity index (χ3v) is 6.10. The molecule has 0 bridgehead atoms. The van der Waals surface area contributed by atoms with Crippen molar-refractivity contribution in [3.8, 4) is 23.0 Å². The first-order chi connectivity index (χ1) is 16.8. The Balaban J connectivity index is 1.51. The molecular formula is C26H21NO8. The van der Waals surface area contributed by atoms with Gasteiger partial charge in [-0.25, -0.2) is 4.79 Å². The summed E-state index contributed by atoms with van der Waals surface area (Å²) in [6.07, 6.45) is 0.987. The van der Waals surface area contributed by atoms with E-state index in [-0.39, 0.29) is 47.3 Å². The number of rotatable bonds is 6. The largest absolute Gasteiger partial charge is 0.508 e. The zero-order valence-electron chi connectivity index (χ0n) is 18.4. The molecule has 1 spiro atoms. The zero-order valence-corrected chi connectivity index (χ0v) is 18.4. The van der Waals surface area contributed by atoms with Gasteiger partial charge in [0.25, 0.3) is 0 Å². The van der Waals surface area contributed by atoms with Gasteiger partial charge in [0.05, 0.1) is 5.56 Å². The third kappa shape index (κ3) is 3.80. The topological polar surface area (TPSA) is 142 Å². The first-order valence-corrected chi connectivity index (χ1v) is 11.0. The van der Waals surface area contributed by atoms with Gasteiger partial charge in [-0.15, -0.1) is 0 Å². The number of carbonyl (C=O) groups excluding carboxylic acids is 2. The fraction of sp³-hybridized carbons (Fsp3) is 0.192. The van der Waals surface area contributed by atoms with Crippen LogP contribution in [0.25, 0.3) is 0 Å². The smallest absolute Gasteiger partial charge is 0.340 e. The number of carboxylic acids is 1. The predicted molar refractivity (Wildman–Crippen MR) is 123 cm³/mol. The molecule has 0 aliphatic carbocycles. The Hall–Kier alpha value is -4.53. The number of carbonyl (C=O) groups is 3. The number of hydrogen-bond acceptors (Lipinski definition) is 7. The average Bonchev–Trinajstić information content (AvgIpc) is 3.08. The maximum Gasteiger partial charge on any atom is 0.340 e. The Kier molecular flexibility index (Phi) is 5.32. The fourth-order valence-electron chi connectivity index (χ4n) is 4.57. The first-order valence-electron chi connectivity index (χ1n) is 11.0. The number of ether oxygens (including phenoxy) is 2. The second-order valence-corrected chi connectivity index (χ2v) is 8.44. The van der Waals surface area contributed by atoms with E-state index in [0.29, 0.717) is 35.2 Å². The van der Waals surface area contributed by atoms with Crippen LogP contribution in [-0.2, 0) is 19.9 Å². The van der Waals surface area contributed by atoms with Crippen molar-refractivity contribution in [2.45, 2.75) is 31.3 Å². The molecule has 5 rings (SSSR count). The lowest BCUT2D eigenvalue weighted by atomic mass is 9.77. The Morgan fingerprint density at radius 1 is 0.829 bits per heavy atom. The highest BCUT2D eigenvalue weighted by molar-refractivity contribution is 5.99. The predicted octanol–water partition coefficient (Wildman–Crippen LogP) is 4.25. The van der Waals surface area contributed by atoms with E-state index in [2.05, 4.69) is 5.32 Å². The van der Waals surface area contributed by atoms with Crippen molar-refractivity contribution in [3.05, 3.63) is 76.9 Å². The lowest BCUT2D eigenvalue weighted by Gasteiger charge is -2.36. The summed E-state index contributed by atoms with van der Waals surface area (Å²) >= 11 is 0. The number of carboxylic acid groups (broad SMARTS) is 1. The maximum atomic E-state index is 13.1. The fourth-order valence-corrected chi connectivity index (χ4v) is 4.57. The van der Waals surface area contributed by atoms with Gasteiger partial charge in [-0.1, -0.05) is 6.07 Å². The molecule has 3 aromatic carbocycles. The molecule has 178 valence electrons. The Bertz CT molecular complexity index is 1330. The monoisotopic (exact) mass is 475 g/mol. The molecule has 0 atom stereocenters. The van der Waals surface area contributed by atoms with Crippen molar-refractivity contribution in [2.75, 3.05) is 5.32 Å². The summed E-state index contributed by atoms with van der Waals surface area (Å²) in [5.41, 5.74) is 0.852. The number of phenolic OH excluding ortho intramolecular Hbond substituents is 2. The van der Waals surface area contributed by atoms with Gasteiger partial charge in [0, 0.05) is 47.4 Å². The number of nitrogens with one attached hydrogen (secondary N) is 1. The summed E-state index contributed by atoms with van der Waals surface area (Å²) in [5, 5.41) is 31.4. The highest BCUT2D eigenvalue weighted by Crippen LogP contribution is 2.57. The Labute approximate surface area is 199 Å². The third-order valence-electron chi connectivity index (χ3n) is 6.10. The molecule has 1 amide bonds. The molecule has 0 aromatic heterocycles. The summed E-state index contributed by atoms with van der Waals surface area (Å²) in [4.78, 5) is 36.0. The van der Waals surface area contributed by atoms with Crippen molar-refractivity contribution in [2.24, 2.45) is 0 Å². The van der Waals surface area contributed by atoms with Crippen LogP contribution >= 0.6 is 0 Å². The molecule has 35 heavy (non-hydrogen) atoms. The molecule has 9 nitrogen and oxygen atoms in total. The summed E-state index contributed by atoms with van der Waals surface area (Å²) in [6.45, 7) is 0. The van der Waals surface area contributed by atoms with Crippen LogP contribution in [0.15, 0.2) is 54.6 Å².